The fourth-order valence-electron chi connectivity index (χ4n) is 1.87. The monoisotopic (exact) mass is 227 g/mol. The molecular formula is C11H17NO4. The van der Waals surface area contributed by atoms with Crippen molar-refractivity contribution in [2.75, 3.05) is 13.2 Å². The molecule has 1 aliphatic carbocycles. The topological polar surface area (TPSA) is 75.6 Å². The molecule has 16 heavy (non-hydrogen) atoms. The van der Waals surface area contributed by atoms with Gasteiger partial charge in [0.1, 0.15) is 6.61 Å². The van der Waals surface area contributed by atoms with E-state index in [0.29, 0.717) is 12.5 Å². The van der Waals surface area contributed by atoms with Crippen molar-refractivity contribution >= 4 is 12.1 Å². The number of carbonyl (C=O) groups is 2. The third-order valence-electron chi connectivity index (χ3n) is 2.66. The predicted molar refractivity (Wildman–Crippen MR) is 58.0 cm³/mol. The predicted octanol–water partition coefficient (Wildman–Crippen LogP) is 1.40. The third kappa shape index (κ3) is 4.33. The minimum absolute atomic E-state index is 0.206. The van der Waals surface area contributed by atoms with Crippen LogP contribution in [0.1, 0.15) is 19.3 Å². The molecule has 2 N–H and O–H groups in total. The molecule has 1 amide bonds. The Morgan fingerprint density at radius 1 is 1.44 bits per heavy atom. The van der Waals surface area contributed by atoms with E-state index in [1.165, 1.54) is 6.08 Å². The summed E-state index contributed by atoms with van der Waals surface area (Å²) >= 11 is 0. The lowest BCUT2D eigenvalue weighted by molar-refractivity contribution is -0.139. The van der Waals surface area contributed by atoms with Crippen molar-refractivity contribution in [3.8, 4) is 0 Å². The first kappa shape index (κ1) is 12.5. The molecule has 0 atom stereocenters. The zero-order valence-electron chi connectivity index (χ0n) is 9.15. The molecule has 0 unspecified atom stereocenters. The van der Waals surface area contributed by atoms with Gasteiger partial charge >= 0.3 is 12.1 Å². The number of nitrogens with one attached hydrogen (secondary N) is 1. The average molecular weight is 227 g/mol. The van der Waals surface area contributed by atoms with Gasteiger partial charge in [0.05, 0.1) is 0 Å². The van der Waals surface area contributed by atoms with Gasteiger partial charge in [-0.05, 0) is 24.7 Å². The van der Waals surface area contributed by atoms with Crippen LogP contribution < -0.4 is 5.32 Å². The van der Waals surface area contributed by atoms with Gasteiger partial charge in [0, 0.05) is 13.0 Å². The highest BCUT2D eigenvalue weighted by Crippen LogP contribution is 2.35. The zero-order chi connectivity index (χ0) is 12.0. The molecule has 0 spiro atoms. The molecule has 0 bridgehead atoms. The summed E-state index contributed by atoms with van der Waals surface area (Å²) in [4.78, 5) is 21.4. The number of hydrogen-bond acceptors (Lipinski definition) is 3. The van der Waals surface area contributed by atoms with Gasteiger partial charge in [0.25, 0.3) is 0 Å². The Hall–Kier alpha value is -1.52. The van der Waals surface area contributed by atoms with Gasteiger partial charge in [-0.3, -0.25) is 4.79 Å². The summed E-state index contributed by atoms with van der Waals surface area (Å²) in [5, 5.41) is 11.2. The van der Waals surface area contributed by atoms with Crippen LogP contribution in [0.2, 0.25) is 0 Å². The van der Waals surface area contributed by atoms with Gasteiger partial charge < -0.3 is 15.2 Å². The molecule has 0 aliphatic heterocycles. The van der Waals surface area contributed by atoms with Gasteiger partial charge in [0.2, 0.25) is 0 Å². The Kier molecular flexibility index (Phi) is 4.82. The smallest absolute Gasteiger partial charge is 0.407 e. The number of hydrogen-bond donors (Lipinski definition) is 2. The van der Waals surface area contributed by atoms with Crippen molar-refractivity contribution in [2.24, 2.45) is 11.8 Å². The van der Waals surface area contributed by atoms with E-state index in [-0.39, 0.29) is 18.9 Å². The molecule has 1 fully saturated rings. The molecule has 5 nitrogen and oxygen atoms in total. The second-order valence-electron chi connectivity index (χ2n) is 4.07. The summed E-state index contributed by atoms with van der Waals surface area (Å²) in [5.41, 5.74) is 0. The van der Waals surface area contributed by atoms with Crippen LogP contribution in [0.25, 0.3) is 0 Å². The molecule has 5 heteroatoms. The summed E-state index contributed by atoms with van der Waals surface area (Å²) in [6, 6.07) is 0. The SMILES string of the molecule is C=CCOC(=O)NCC1CC(CC(=O)O)C1. The Balaban J connectivity index is 2.02. The molecule has 0 saturated heterocycles. The Morgan fingerprint density at radius 2 is 2.12 bits per heavy atom. The Morgan fingerprint density at radius 3 is 2.69 bits per heavy atom. The van der Waals surface area contributed by atoms with Crippen LogP contribution in [0.3, 0.4) is 0 Å². The van der Waals surface area contributed by atoms with Crippen LogP contribution in [0.4, 0.5) is 4.79 Å². The van der Waals surface area contributed by atoms with Gasteiger partial charge in [-0.15, -0.1) is 0 Å². The molecule has 0 aromatic heterocycles. The lowest BCUT2D eigenvalue weighted by Crippen LogP contribution is -2.37. The molecule has 1 saturated carbocycles. The van der Waals surface area contributed by atoms with Gasteiger partial charge in [0.15, 0.2) is 0 Å². The van der Waals surface area contributed by atoms with E-state index in [4.69, 9.17) is 9.84 Å². The fourth-order valence-corrected chi connectivity index (χ4v) is 1.87. The average Bonchev–Trinajstić information content (AvgIpc) is 2.17. The summed E-state index contributed by atoms with van der Waals surface area (Å²) in [5.74, 6) is -0.0871. The van der Waals surface area contributed by atoms with Crippen molar-refractivity contribution in [1.29, 1.82) is 0 Å². The highest BCUT2D eigenvalue weighted by atomic mass is 16.5. The van der Waals surface area contributed by atoms with Crippen LogP contribution in [0, 0.1) is 11.8 Å². The maximum absolute atomic E-state index is 11.0. The van der Waals surface area contributed by atoms with Crippen molar-refractivity contribution in [3.05, 3.63) is 12.7 Å². The first-order valence-electron chi connectivity index (χ1n) is 5.35. The number of carboxylic acids is 1. The largest absolute Gasteiger partial charge is 0.481 e. The van der Waals surface area contributed by atoms with Gasteiger partial charge in [-0.25, -0.2) is 4.79 Å². The van der Waals surface area contributed by atoms with Crippen LogP contribution in [0.15, 0.2) is 12.7 Å². The summed E-state index contributed by atoms with van der Waals surface area (Å²) in [6.45, 7) is 4.20. The number of rotatable bonds is 6. The van der Waals surface area contributed by atoms with Gasteiger partial charge in [-0.2, -0.15) is 0 Å². The van der Waals surface area contributed by atoms with Crippen molar-refractivity contribution < 1.29 is 19.4 Å². The molecule has 90 valence electrons. The number of alkyl carbamates (subject to hydrolysis) is 1. The van der Waals surface area contributed by atoms with E-state index < -0.39 is 12.1 Å². The fraction of sp³-hybridized carbons (Fsp3) is 0.636. The second-order valence-corrected chi connectivity index (χ2v) is 4.07. The normalized spacial score (nSPS) is 23.0. The lowest BCUT2D eigenvalue weighted by Gasteiger charge is -2.34. The molecule has 0 aromatic rings. The lowest BCUT2D eigenvalue weighted by atomic mass is 9.73. The van der Waals surface area contributed by atoms with Crippen LogP contribution >= 0.6 is 0 Å². The van der Waals surface area contributed by atoms with E-state index in [1.807, 2.05) is 0 Å². The number of carbonyl (C=O) groups excluding carboxylic acids is 1. The maximum atomic E-state index is 11.0. The highest BCUT2D eigenvalue weighted by Gasteiger charge is 2.30. The van der Waals surface area contributed by atoms with Crippen molar-refractivity contribution in [3.63, 3.8) is 0 Å². The Bertz CT molecular complexity index is 271. The minimum Gasteiger partial charge on any atom is -0.481 e. The minimum atomic E-state index is -0.748. The third-order valence-corrected chi connectivity index (χ3v) is 2.66. The molecule has 0 heterocycles. The van der Waals surface area contributed by atoms with E-state index in [2.05, 4.69) is 11.9 Å². The summed E-state index contributed by atoms with van der Waals surface area (Å²) in [7, 11) is 0. The van der Waals surface area contributed by atoms with Crippen LogP contribution in [0.5, 0.6) is 0 Å². The summed E-state index contributed by atoms with van der Waals surface area (Å²) < 4.78 is 4.74. The van der Waals surface area contributed by atoms with Crippen molar-refractivity contribution in [1.82, 2.24) is 5.32 Å². The highest BCUT2D eigenvalue weighted by molar-refractivity contribution is 5.67. The maximum Gasteiger partial charge on any atom is 0.407 e. The number of aliphatic carboxylic acids is 1. The quantitative estimate of drug-likeness (QED) is 0.672. The zero-order valence-corrected chi connectivity index (χ0v) is 9.15. The van der Waals surface area contributed by atoms with E-state index in [9.17, 15) is 9.59 Å². The molecule has 0 aromatic carbocycles. The van der Waals surface area contributed by atoms with E-state index in [1.54, 1.807) is 0 Å². The number of ether oxygens (including phenoxy) is 1. The first-order valence-corrected chi connectivity index (χ1v) is 5.35. The van der Waals surface area contributed by atoms with E-state index >= 15 is 0 Å². The molecule has 1 rings (SSSR count). The van der Waals surface area contributed by atoms with E-state index in [0.717, 1.165) is 12.8 Å². The molecular weight excluding hydrogens is 210 g/mol. The van der Waals surface area contributed by atoms with Crippen molar-refractivity contribution in [2.45, 2.75) is 19.3 Å². The molecule has 1 aliphatic rings. The number of amides is 1. The Labute approximate surface area is 94.5 Å². The van der Waals surface area contributed by atoms with Crippen LogP contribution in [-0.2, 0) is 9.53 Å². The van der Waals surface area contributed by atoms with Crippen LogP contribution in [-0.4, -0.2) is 30.3 Å². The molecule has 0 radical (unpaired) electrons. The first-order chi connectivity index (χ1) is 7.61. The summed E-state index contributed by atoms with van der Waals surface area (Å²) in [6.07, 6.45) is 3.03. The van der Waals surface area contributed by atoms with Gasteiger partial charge in [-0.1, -0.05) is 12.7 Å². The second kappa shape index (κ2) is 6.15. The number of carboxylic acid groups (broad SMARTS) is 1. The standard InChI is InChI=1S/C11H17NO4/c1-2-3-16-11(15)12-7-9-4-8(5-9)6-10(13)14/h2,8-9H,1,3-7H2,(H,12,15)(H,13,14).